The van der Waals surface area contributed by atoms with Crippen LogP contribution < -0.4 is 5.73 Å². The Bertz CT molecular complexity index is 547. The van der Waals surface area contributed by atoms with Crippen molar-refractivity contribution in [1.82, 2.24) is 9.78 Å². The molecular weight excluding hydrogens is 224 g/mol. The summed E-state index contributed by atoms with van der Waals surface area (Å²) in [6, 6.07) is 5.61. The van der Waals surface area contributed by atoms with E-state index in [1.807, 2.05) is 32.0 Å². The standard InChI is InChI=1S/C12H13F2N3/c1-7-3-4-8(2)10(5-7)17-11(12(13)14)9(15)6-16-17/h3-6,12H,15H2,1-2H3. The molecule has 17 heavy (non-hydrogen) atoms. The quantitative estimate of drug-likeness (QED) is 0.872. The highest BCUT2D eigenvalue weighted by atomic mass is 19.3. The Kier molecular flexibility index (Phi) is 2.83. The average Bonchev–Trinajstić information content (AvgIpc) is 2.64. The number of alkyl halides is 2. The van der Waals surface area contributed by atoms with Crippen LogP contribution in [0.25, 0.3) is 5.69 Å². The Morgan fingerprint density at radius 2 is 2.00 bits per heavy atom. The normalized spacial score (nSPS) is 11.1. The summed E-state index contributed by atoms with van der Waals surface area (Å²) in [5.74, 6) is 0. The topological polar surface area (TPSA) is 43.8 Å². The fraction of sp³-hybridized carbons (Fsp3) is 0.250. The van der Waals surface area contributed by atoms with Gasteiger partial charge in [-0.2, -0.15) is 5.10 Å². The maximum absolute atomic E-state index is 12.9. The molecular formula is C12H13F2N3. The second kappa shape index (κ2) is 4.16. The summed E-state index contributed by atoms with van der Waals surface area (Å²) in [5.41, 5.74) is 7.77. The molecule has 0 saturated carbocycles. The molecule has 90 valence electrons. The first-order chi connectivity index (χ1) is 8.00. The lowest BCUT2D eigenvalue weighted by Gasteiger charge is -2.11. The first-order valence-corrected chi connectivity index (χ1v) is 5.20. The van der Waals surface area contributed by atoms with Gasteiger partial charge in [-0.05, 0) is 31.0 Å². The largest absolute Gasteiger partial charge is 0.396 e. The van der Waals surface area contributed by atoms with E-state index in [1.54, 1.807) is 0 Å². The molecule has 1 heterocycles. The van der Waals surface area contributed by atoms with Crippen LogP contribution in [-0.2, 0) is 0 Å². The van der Waals surface area contributed by atoms with E-state index in [9.17, 15) is 8.78 Å². The summed E-state index contributed by atoms with van der Waals surface area (Å²) in [6.07, 6.45) is -1.39. The molecule has 1 aromatic heterocycles. The van der Waals surface area contributed by atoms with Crippen LogP contribution in [0.4, 0.5) is 14.5 Å². The Hall–Kier alpha value is -1.91. The Balaban J connectivity index is 2.64. The molecule has 0 aliphatic carbocycles. The highest BCUT2D eigenvalue weighted by Gasteiger charge is 2.20. The van der Waals surface area contributed by atoms with Crippen LogP contribution in [-0.4, -0.2) is 9.78 Å². The van der Waals surface area contributed by atoms with Crippen LogP contribution in [0.2, 0.25) is 0 Å². The van der Waals surface area contributed by atoms with E-state index in [-0.39, 0.29) is 11.4 Å². The summed E-state index contributed by atoms with van der Waals surface area (Å²) in [5, 5.41) is 3.92. The molecule has 0 radical (unpaired) electrons. The average molecular weight is 237 g/mol. The second-order valence-corrected chi connectivity index (χ2v) is 3.99. The van der Waals surface area contributed by atoms with E-state index in [4.69, 9.17) is 5.73 Å². The zero-order valence-electron chi connectivity index (χ0n) is 9.61. The van der Waals surface area contributed by atoms with Crippen molar-refractivity contribution in [2.45, 2.75) is 20.3 Å². The number of benzene rings is 1. The fourth-order valence-corrected chi connectivity index (χ4v) is 1.73. The molecule has 0 bridgehead atoms. The first kappa shape index (κ1) is 11.6. The minimum atomic E-state index is -2.64. The Morgan fingerprint density at radius 1 is 1.29 bits per heavy atom. The molecule has 2 aromatic rings. The maximum atomic E-state index is 12.9. The van der Waals surface area contributed by atoms with Crippen LogP contribution in [0.1, 0.15) is 23.2 Å². The van der Waals surface area contributed by atoms with Crippen LogP contribution in [0.3, 0.4) is 0 Å². The van der Waals surface area contributed by atoms with Gasteiger partial charge in [0.25, 0.3) is 6.43 Å². The van der Waals surface area contributed by atoms with Gasteiger partial charge in [0.2, 0.25) is 0 Å². The van der Waals surface area contributed by atoms with Gasteiger partial charge in [-0.3, -0.25) is 0 Å². The first-order valence-electron chi connectivity index (χ1n) is 5.20. The molecule has 0 aliphatic heterocycles. The number of halogens is 2. The van der Waals surface area contributed by atoms with Crippen molar-refractivity contribution >= 4 is 5.69 Å². The highest BCUT2D eigenvalue weighted by molar-refractivity contribution is 5.50. The molecule has 0 atom stereocenters. The smallest absolute Gasteiger partial charge is 0.282 e. The second-order valence-electron chi connectivity index (χ2n) is 3.99. The van der Waals surface area contributed by atoms with E-state index in [0.717, 1.165) is 11.1 Å². The number of hydrogen-bond donors (Lipinski definition) is 1. The molecule has 0 unspecified atom stereocenters. The molecule has 1 aromatic carbocycles. The molecule has 0 saturated heterocycles. The summed E-state index contributed by atoms with van der Waals surface area (Å²) in [7, 11) is 0. The fourth-order valence-electron chi connectivity index (χ4n) is 1.73. The summed E-state index contributed by atoms with van der Waals surface area (Å²) in [6.45, 7) is 3.75. The maximum Gasteiger partial charge on any atom is 0.282 e. The molecule has 0 spiro atoms. The van der Waals surface area contributed by atoms with E-state index in [1.165, 1.54) is 10.9 Å². The van der Waals surface area contributed by atoms with Gasteiger partial charge in [-0.15, -0.1) is 0 Å². The monoisotopic (exact) mass is 237 g/mol. The van der Waals surface area contributed by atoms with Crippen LogP contribution >= 0.6 is 0 Å². The predicted molar refractivity (Wildman–Crippen MR) is 62.4 cm³/mol. The Labute approximate surface area is 97.9 Å². The number of anilines is 1. The number of nitrogens with zero attached hydrogens (tertiary/aromatic N) is 2. The van der Waals surface area contributed by atoms with Gasteiger partial charge in [0.1, 0.15) is 5.69 Å². The minimum Gasteiger partial charge on any atom is -0.396 e. The van der Waals surface area contributed by atoms with Crippen molar-refractivity contribution < 1.29 is 8.78 Å². The molecule has 0 amide bonds. The van der Waals surface area contributed by atoms with E-state index >= 15 is 0 Å². The number of rotatable bonds is 2. The summed E-state index contributed by atoms with van der Waals surface area (Å²) >= 11 is 0. The summed E-state index contributed by atoms with van der Waals surface area (Å²) < 4.78 is 27.0. The van der Waals surface area contributed by atoms with Crippen LogP contribution in [0, 0.1) is 13.8 Å². The van der Waals surface area contributed by atoms with E-state index in [2.05, 4.69) is 5.10 Å². The predicted octanol–water partition coefficient (Wildman–Crippen LogP) is 3.01. The summed E-state index contributed by atoms with van der Waals surface area (Å²) in [4.78, 5) is 0. The molecule has 2 N–H and O–H groups in total. The minimum absolute atomic E-state index is 0.0147. The molecule has 0 fully saturated rings. The third kappa shape index (κ3) is 2.00. The van der Waals surface area contributed by atoms with Crippen LogP contribution in [0.15, 0.2) is 24.4 Å². The van der Waals surface area contributed by atoms with Gasteiger partial charge in [0, 0.05) is 0 Å². The lowest BCUT2D eigenvalue weighted by molar-refractivity contribution is 0.143. The van der Waals surface area contributed by atoms with Crippen molar-refractivity contribution in [3.8, 4) is 5.69 Å². The van der Waals surface area contributed by atoms with Gasteiger partial charge in [0.05, 0.1) is 17.6 Å². The molecule has 3 nitrogen and oxygen atoms in total. The van der Waals surface area contributed by atoms with Gasteiger partial charge in [0.15, 0.2) is 0 Å². The van der Waals surface area contributed by atoms with Crippen molar-refractivity contribution in [2.24, 2.45) is 0 Å². The highest BCUT2D eigenvalue weighted by Crippen LogP contribution is 2.28. The van der Waals surface area contributed by atoms with Crippen LogP contribution in [0.5, 0.6) is 0 Å². The number of nitrogen functional groups attached to an aromatic ring is 1. The third-order valence-corrected chi connectivity index (χ3v) is 2.64. The molecule has 0 aliphatic rings. The van der Waals surface area contributed by atoms with Gasteiger partial charge in [-0.25, -0.2) is 13.5 Å². The Morgan fingerprint density at radius 3 is 2.65 bits per heavy atom. The number of nitrogens with two attached hydrogens (primary N) is 1. The van der Waals surface area contributed by atoms with Crippen molar-refractivity contribution in [2.75, 3.05) is 5.73 Å². The lowest BCUT2D eigenvalue weighted by Crippen LogP contribution is -2.06. The van der Waals surface area contributed by atoms with E-state index in [0.29, 0.717) is 5.69 Å². The van der Waals surface area contributed by atoms with Gasteiger partial charge < -0.3 is 5.73 Å². The SMILES string of the molecule is Cc1ccc(C)c(-n2ncc(N)c2C(F)F)c1. The van der Waals surface area contributed by atoms with Crippen molar-refractivity contribution in [3.63, 3.8) is 0 Å². The lowest BCUT2D eigenvalue weighted by atomic mass is 10.1. The van der Waals surface area contributed by atoms with Crippen molar-refractivity contribution in [1.29, 1.82) is 0 Å². The number of hydrogen-bond acceptors (Lipinski definition) is 2. The number of aromatic nitrogens is 2. The zero-order valence-corrected chi connectivity index (χ0v) is 9.61. The molecule has 5 heteroatoms. The van der Waals surface area contributed by atoms with Gasteiger partial charge >= 0.3 is 0 Å². The van der Waals surface area contributed by atoms with E-state index < -0.39 is 6.43 Å². The zero-order chi connectivity index (χ0) is 12.6. The van der Waals surface area contributed by atoms with Crippen molar-refractivity contribution in [3.05, 3.63) is 41.2 Å². The van der Waals surface area contributed by atoms with Gasteiger partial charge in [-0.1, -0.05) is 12.1 Å². The molecule has 2 rings (SSSR count). The number of aryl methyl sites for hydroxylation is 2. The third-order valence-electron chi connectivity index (χ3n) is 2.64.